The topological polar surface area (TPSA) is 123 Å². The third kappa shape index (κ3) is 5.79. The smallest absolute Gasteiger partial charge is 0.272 e. The molecule has 9 heteroatoms. The third-order valence-corrected chi connectivity index (χ3v) is 4.89. The molecule has 0 fully saturated rings. The van der Waals surface area contributed by atoms with E-state index in [0.29, 0.717) is 28.3 Å². The molecule has 0 radical (unpaired) electrons. The highest BCUT2D eigenvalue weighted by Gasteiger charge is 2.13. The van der Waals surface area contributed by atoms with Gasteiger partial charge in [0.05, 0.1) is 17.7 Å². The second-order valence-corrected chi connectivity index (χ2v) is 7.16. The number of hydrogen-bond acceptors (Lipinski definition) is 6. The molecule has 33 heavy (non-hydrogen) atoms. The van der Waals surface area contributed by atoms with Crippen molar-refractivity contribution in [3.63, 3.8) is 0 Å². The molecule has 0 heterocycles. The highest BCUT2D eigenvalue weighted by atomic mass is 16.6. The number of carbonyl (C=O) groups is 2. The van der Waals surface area contributed by atoms with Gasteiger partial charge in [0.15, 0.2) is 0 Å². The van der Waals surface area contributed by atoms with Gasteiger partial charge in [0, 0.05) is 28.4 Å². The fourth-order valence-electron chi connectivity index (χ4n) is 3.01. The van der Waals surface area contributed by atoms with Crippen molar-refractivity contribution < 1.29 is 19.2 Å². The number of methoxy groups -OCH3 is 1. The second kappa shape index (κ2) is 10.2. The number of ether oxygens (including phenoxy) is 1. The van der Waals surface area contributed by atoms with Gasteiger partial charge in [0.1, 0.15) is 5.75 Å². The van der Waals surface area contributed by atoms with E-state index in [9.17, 15) is 19.7 Å². The van der Waals surface area contributed by atoms with E-state index in [0.717, 1.165) is 5.56 Å². The Hall–Kier alpha value is -4.53. The SMILES string of the molecule is COc1ccc(C(=O)Nc2ccc(/C(C)=N\NC(=O)c3ccc([N+](=O)[O-])c(C)c3)cc2)cc1. The number of amides is 2. The van der Waals surface area contributed by atoms with Crippen LogP contribution in [0.25, 0.3) is 0 Å². The lowest BCUT2D eigenvalue weighted by Crippen LogP contribution is -2.19. The van der Waals surface area contributed by atoms with Crippen molar-refractivity contribution in [1.29, 1.82) is 0 Å². The molecule has 0 atom stereocenters. The Morgan fingerprint density at radius 3 is 2.09 bits per heavy atom. The summed E-state index contributed by atoms with van der Waals surface area (Å²) in [5.41, 5.74) is 5.47. The molecule has 0 saturated carbocycles. The van der Waals surface area contributed by atoms with Crippen molar-refractivity contribution in [3.05, 3.63) is 99.1 Å². The maximum atomic E-state index is 12.4. The average Bonchev–Trinajstić information content (AvgIpc) is 2.82. The highest BCUT2D eigenvalue weighted by molar-refractivity contribution is 6.05. The lowest BCUT2D eigenvalue weighted by molar-refractivity contribution is -0.385. The summed E-state index contributed by atoms with van der Waals surface area (Å²) in [4.78, 5) is 35.1. The van der Waals surface area contributed by atoms with Gasteiger partial charge in [-0.05, 0) is 67.9 Å². The van der Waals surface area contributed by atoms with Crippen LogP contribution in [-0.4, -0.2) is 29.6 Å². The van der Waals surface area contributed by atoms with Gasteiger partial charge < -0.3 is 10.1 Å². The Bertz CT molecular complexity index is 1220. The Balaban J connectivity index is 1.62. The predicted molar refractivity (Wildman–Crippen MR) is 125 cm³/mol. The van der Waals surface area contributed by atoms with Crippen LogP contribution in [0.15, 0.2) is 71.8 Å². The molecule has 3 aromatic carbocycles. The van der Waals surface area contributed by atoms with Crippen LogP contribution in [0.1, 0.15) is 38.8 Å². The number of rotatable bonds is 7. The number of nitrogens with zero attached hydrogens (tertiary/aromatic N) is 2. The maximum absolute atomic E-state index is 12.4. The summed E-state index contributed by atoms with van der Waals surface area (Å²) in [6.45, 7) is 3.30. The zero-order valence-electron chi connectivity index (χ0n) is 18.3. The number of nitro groups is 1. The Kier molecular flexibility index (Phi) is 7.14. The van der Waals surface area contributed by atoms with E-state index >= 15 is 0 Å². The van der Waals surface area contributed by atoms with Gasteiger partial charge in [-0.2, -0.15) is 5.10 Å². The van der Waals surface area contributed by atoms with Crippen LogP contribution in [0.5, 0.6) is 5.75 Å². The van der Waals surface area contributed by atoms with Crippen LogP contribution in [0.2, 0.25) is 0 Å². The number of hydrazone groups is 1. The summed E-state index contributed by atoms with van der Waals surface area (Å²) >= 11 is 0. The van der Waals surface area contributed by atoms with E-state index < -0.39 is 10.8 Å². The van der Waals surface area contributed by atoms with Gasteiger partial charge in [-0.25, -0.2) is 5.43 Å². The third-order valence-electron chi connectivity index (χ3n) is 4.89. The molecule has 0 unspecified atom stereocenters. The van der Waals surface area contributed by atoms with E-state index in [1.165, 1.54) is 18.2 Å². The van der Waals surface area contributed by atoms with Crippen LogP contribution >= 0.6 is 0 Å². The van der Waals surface area contributed by atoms with E-state index in [2.05, 4.69) is 15.8 Å². The van der Waals surface area contributed by atoms with Crippen LogP contribution in [0.3, 0.4) is 0 Å². The second-order valence-electron chi connectivity index (χ2n) is 7.16. The van der Waals surface area contributed by atoms with Crippen LogP contribution in [-0.2, 0) is 0 Å². The number of hydrogen-bond donors (Lipinski definition) is 2. The van der Waals surface area contributed by atoms with Gasteiger partial charge in [-0.1, -0.05) is 12.1 Å². The molecule has 0 aliphatic rings. The molecule has 0 aliphatic heterocycles. The van der Waals surface area contributed by atoms with Crippen molar-refractivity contribution in [2.45, 2.75) is 13.8 Å². The molecular weight excluding hydrogens is 424 g/mol. The first-order chi connectivity index (χ1) is 15.8. The quantitative estimate of drug-likeness (QED) is 0.318. The molecule has 168 valence electrons. The fourth-order valence-corrected chi connectivity index (χ4v) is 3.01. The van der Waals surface area contributed by atoms with Gasteiger partial charge in [0.2, 0.25) is 0 Å². The number of benzene rings is 3. The lowest BCUT2D eigenvalue weighted by Gasteiger charge is -2.08. The zero-order valence-corrected chi connectivity index (χ0v) is 18.3. The summed E-state index contributed by atoms with van der Waals surface area (Å²) < 4.78 is 5.09. The van der Waals surface area contributed by atoms with Crippen molar-refractivity contribution in [3.8, 4) is 5.75 Å². The average molecular weight is 446 g/mol. The monoisotopic (exact) mass is 446 g/mol. The fraction of sp³-hybridized carbons (Fsp3) is 0.125. The molecule has 0 saturated heterocycles. The van der Waals surface area contributed by atoms with Crippen LogP contribution in [0, 0.1) is 17.0 Å². The van der Waals surface area contributed by atoms with Gasteiger partial charge in [-0.15, -0.1) is 0 Å². The first-order valence-electron chi connectivity index (χ1n) is 9.94. The number of nitro benzene ring substituents is 1. The van der Waals surface area contributed by atoms with E-state index in [-0.39, 0.29) is 17.2 Å². The normalized spacial score (nSPS) is 10.9. The molecule has 3 rings (SSSR count). The van der Waals surface area contributed by atoms with Gasteiger partial charge in [0.25, 0.3) is 17.5 Å². The maximum Gasteiger partial charge on any atom is 0.272 e. The molecule has 0 bridgehead atoms. The number of carbonyl (C=O) groups excluding carboxylic acids is 2. The standard InChI is InChI=1S/C24H22N4O5/c1-15-14-19(8-13-22(15)28(31)32)24(30)27-26-16(2)17-4-9-20(10-5-17)25-23(29)18-6-11-21(33-3)12-7-18/h4-14H,1-3H3,(H,25,29)(H,27,30)/b26-16-. The van der Waals surface area contributed by atoms with Crippen molar-refractivity contribution in [2.75, 3.05) is 12.4 Å². The molecule has 2 N–H and O–H groups in total. The first-order valence-corrected chi connectivity index (χ1v) is 9.94. The number of nitrogens with one attached hydrogen (secondary N) is 2. The molecule has 0 aliphatic carbocycles. The van der Waals surface area contributed by atoms with Crippen LogP contribution < -0.4 is 15.5 Å². The minimum Gasteiger partial charge on any atom is -0.497 e. The minimum atomic E-state index is -0.498. The predicted octanol–water partition coefficient (Wildman–Crippen LogP) is 4.32. The lowest BCUT2D eigenvalue weighted by atomic mass is 10.1. The first kappa shape index (κ1) is 23.1. The number of aryl methyl sites for hydroxylation is 1. The van der Waals surface area contributed by atoms with Gasteiger partial charge >= 0.3 is 0 Å². The molecule has 0 spiro atoms. The zero-order chi connectivity index (χ0) is 24.0. The molecule has 0 aromatic heterocycles. The summed E-state index contributed by atoms with van der Waals surface area (Å²) in [6.07, 6.45) is 0. The largest absolute Gasteiger partial charge is 0.497 e. The van der Waals surface area contributed by atoms with Crippen molar-refractivity contribution >= 4 is 28.9 Å². The van der Waals surface area contributed by atoms with E-state index in [4.69, 9.17) is 4.74 Å². The highest BCUT2D eigenvalue weighted by Crippen LogP contribution is 2.19. The Labute approximate surface area is 190 Å². The Morgan fingerprint density at radius 1 is 0.909 bits per heavy atom. The molecule has 3 aromatic rings. The van der Waals surface area contributed by atoms with Gasteiger partial charge in [-0.3, -0.25) is 19.7 Å². The van der Waals surface area contributed by atoms with Crippen molar-refractivity contribution in [1.82, 2.24) is 5.43 Å². The summed E-state index contributed by atoms with van der Waals surface area (Å²) in [5, 5.41) is 17.8. The molecular formula is C24H22N4O5. The molecule has 9 nitrogen and oxygen atoms in total. The Morgan fingerprint density at radius 2 is 1.52 bits per heavy atom. The van der Waals surface area contributed by atoms with E-state index in [1.54, 1.807) is 69.5 Å². The summed E-state index contributed by atoms with van der Waals surface area (Å²) in [7, 11) is 1.56. The summed E-state index contributed by atoms with van der Waals surface area (Å²) in [5.74, 6) is -0.0568. The number of anilines is 1. The minimum absolute atomic E-state index is 0.0506. The van der Waals surface area contributed by atoms with Crippen LogP contribution in [0.4, 0.5) is 11.4 Å². The van der Waals surface area contributed by atoms with E-state index in [1.807, 2.05) is 0 Å². The van der Waals surface area contributed by atoms with Crippen molar-refractivity contribution in [2.24, 2.45) is 5.10 Å². The summed E-state index contributed by atoms with van der Waals surface area (Å²) in [6, 6.07) is 17.9. The molecule has 2 amide bonds.